The van der Waals surface area contributed by atoms with Gasteiger partial charge in [0.15, 0.2) is 0 Å². The van der Waals surface area contributed by atoms with Crippen LogP contribution in [0.25, 0.3) is 0 Å². The molecule has 0 aromatic heterocycles. The molecular formula is C12H24N4O2S. The molecular weight excluding hydrogens is 264 g/mol. The number of unbranched alkanes of at least 4 members (excludes halogenated alkanes) is 1. The van der Waals surface area contributed by atoms with E-state index in [1.807, 2.05) is 11.8 Å². The van der Waals surface area contributed by atoms with Crippen molar-refractivity contribution in [3.8, 4) is 0 Å². The summed E-state index contributed by atoms with van der Waals surface area (Å²) in [6.07, 6.45) is 4.04. The summed E-state index contributed by atoms with van der Waals surface area (Å²) in [5.74, 6) is 0.976. The highest BCUT2D eigenvalue weighted by Gasteiger charge is 2.30. The van der Waals surface area contributed by atoms with Crippen molar-refractivity contribution in [2.75, 3.05) is 18.8 Å². The van der Waals surface area contributed by atoms with Crippen molar-refractivity contribution in [3.63, 3.8) is 0 Å². The van der Waals surface area contributed by atoms with Crippen LogP contribution in [-0.2, 0) is 9.59 Å². The number of nitrogens with one attached hydrogen (secondary N) is 2. The number of amides is 2. The lowest BCUT2D eigenvalue weighted by Gasteiger charge is -2.16. The van der Waals surface area contributed by atoms with E-state index in [2.05, 4.69) is 10.6 Å². The van der Waals surface area contributed by atoms with Gasteiger partial charge in [-0.3, -0.25) is 9.59 Å². The summed E-state index contributed by atoms with van der Waals surface area (Å²) in [4.78, 5) is 21.4. The molecule has 2 amide bonds. The van der Waals surface area contributed by atoms with Gasteiger partial charge in [-0.05, 0) is 12.8 Å². The first kappa shape index (κ1) is 16.3. The smallest absolute Gasteiger partial charge is 0.220 e. The SMILES string of the molecule is N[C@@H]1[C@H](CCCCC(=O)NCCNC=O)SC[C@@H]1N. The maximum atomic E-state index is 11.4. The summed E-state index contributed by atoms with van der Waals surface area (Å²) in [5, 5.41) is 5.68. The third-order valence-electron chi connectivity index (χ3n) is 3.24. The predicted octanol–water partition coefficient (Wildman–Crippen LogP) is -0.821. The van der Waals surface area contributed by atoms with Crippen LogP contribution in [0.1, 0.15) is 25.7 Å². The molecule has 0 aromatic rings. The van der Waals surface area contributed by atoms with Crippen LogP contribution in [0, 0.1) is 0 Å². The van der Waals surface area contributed by atoms with Crippen molar-refractivity contribution < 1.29 is 9.59 Å². The van der Waals surface area contributed by atoms with E-state index in [1.54, 1.807) is 0 Å². The minimum Gasteiger partial charge on any atom is -0.357 e. The van der Waals surface area contributed by atoms with Crippen LogP contribution in [0.4, 0.5) is 0 Å². The van der Waals surface area contributed by atoms with Crippen molar-refractivity contribution in [1.82, 2.24) is 10.6 Å². The van der Waals surface area contributed by atoms with E-state index in [9.17, 15) is 9.59 Å². The monoisotopic (exact) mass is 288 g/mol. The Kier molecular flexibility index (Phi) is 7.85. The molecule has 0 unspecified atom stereocenters. The van der Waals surface area contributed by atoms with E-state index in [0.29, 0.717) is 31.2 Å². The maximum Gasteiger partial charge on any atom is 0.220 e. The van der Waals surface area contributed by atoms with Gasteiger partial charge in [0.25, 0.3) is 0 Å². The van der Waals surface area contributed by atoms with Crippen molar-refractivity contribution in [3.05, 3.63) is 0 Å². The molecule has 0 aromatic carbocycles. The predicted molar refractivity (Wildman–Crippen MR) is 77.7 cm³/mol. The zero-order valence-corrected chi connectivity index (χ0v) is 12.0. The first-order valence-corrected chi connectivity index (χ1v) is 7.76. The average molecular weight is 288 g/mol. The van der Waals surface area contributed by atoms with E-state index in [4.69, 9.17) is 11.5 Å². The maximum absolute atomic E-state index is 11.4. The Balaban J connectivity index is 1.98. The molecule has 7 heteroatoms. The van der Waals surface area contributed by atoms with Crippen molar-refractivity contribution in [1.29, 1.82) is 0 Å². The quantitative estimate of drug-likeness (QED) is 0.327. The highest BCUT2D eigenvalue weighted by Crippen LogP contribution is 2.28. The number of nitrogens with two attached hydrogens (primary N) is 2. The van der Waals surface area contributed by atoms with Crippen LogP contribution in [0.3, 0.4) is 0 Å². The molecule has 0 radical (unpaired) electrons. The van der Waals surface area contributed by atoms with Crippen LogP contribution >= 0.6 is 11.8 Å². The van der Waals surface area contributed by atoms with E-state index in [1.165, 1.54) is 0 Å². The first-order chi connectivity index (χ1) is 9.15. The van der Waals surface area contributed by atoms with Crippen LogP contribution < -0.4 is 22.1 Å². The Labute approximate surface area is 118 Å². The fraction of sp³-hybridized carbons (Fsp3) is 0.833. The topological polar surface area (TPSA) is 110 Å². The van der Waals surface area contributed by atoms with Gasteiger partial charge >= 0.3 is 0 Å². The molecule has 1 rings (SSSR count). The Morgan fingerprint density at radius 3 is 2.74 bits per heavy atom. The minimum atomic E-state index is 0.0350. The molecule has 1 aliphatic heterocycles. The molecule has 1 aliphatic rings. The zero-order valence-electron chi connectivity index (χ0n) is 11.1. The van der Waals surface area contributed by atoms with Gasteiger partial charge in [0.2, 0.25) is 12.3 Å². The summed E-state index contributed by atoms with van der Waals surface area (Å²) in [6.45, 7) is 0.955. The molecule has 19 heavy (non-hydrogen) atoms. The Hall–Kier alpha value is -0.790. The van der Waals surface area contributed by atoms with Gasteiger partial charge in [-0.15, -0.1) is 0 Å². The van der Waals surface area contributed by atoms with Crippen LogP contribution in [0.15, 0.2) is 0 Å². The third kappa shape index (κ3) is 6.26. The molecule has 110 valence electrons. The highest BCUT2D eigenvalue weighted by atomic mass is 32.2. The third-order valence-corrected chi connectivity index (χ3v) is 4.80. The number of hydrogen-bond donors (Lipinski definition) is 4. The van der Waals surface area contributed by atoms with Crippen LogP contribution in [-0.4, -0.2) is 48.5 Å². The zero-order chi connectivity index (χ0) is 14.1. The van der Waals surface area contributed by atoms with Crippen LogP contribution in [0.5, 0.6) is 0 Å². The summed E-state index contributed by atoms with van der Waals surface area (Å²) in [6, 6.07) is 0.205. The largest absolute Gasteiger partial charge is 0.357 e. The molecule has 1 saturated heterocycles. The standard InChI is InChI=1S/C12H24N4O2S/c13-9-7-19-10(12(9)14)3-1-2-4-11(18)16-6-5-15-8-17/h8-10,12H,1-7,13-14H2,(H,15,17)(H,16,18)/t9-,10-,12-/m0/s1. The first-order valence-electron chi connectivity index (χ1n) is 6.71. The Morgan fingerprint density at radius 1 is 1.32 bits per heavy atom. The molecule has 0 spiro atoms. The number of rotatable bonds is 9. The molecule has 0 aliphatic carbocycles. The van der Waals surface area contributed by atoms with E-state index >= 15 is 0 Å². The Bertz CT molecular complexity index is 291. The van der Waals surface area contributed by atoms with Crippen molar-refractivity contribution in [2.45, 2.75) is 43.0 Å². The van der Waals surface area contributed by atoms with E-state index in [-0.39, 0.29) is 18.0 Å². The minimum absolute atomic E-state index is 0.0350. The molecule has 0 bridgehead atoms. The number of thioether (sulfide) groups is 1. The number of carbonyl (C=O) groups is 2. The van der Waals surface area contributed by atoms with Gasteiger partial charge in [0, 0.05) is 42.6 Å². The van der Waals surface area contributed by atoms with Gasteiger partial charge in [-0.1, -0.05) is 6.42 Å². The van der Waals surface area contributed by atoms with E-state index in [0.717, 1.165) is 25.0 Å². The highest BCUT2D eigenvalue weighted by molar-refractivity contribution is 8.00. The average Bonchev–Trinajstić information content (AvgIpc) is 2.71. The summed E-state index contributed by atoms with van der Waals surface area (Å²) >= 11 is 1.84. The normalized spacial score (nSPS) is 26.1. The fourth-order valence-corrected chi connectivity index (χ4v) is 3.51. The molecule has 0 saturated carbocycles. The lowest BCUT2D eigenvalue weighted by Crippen LogP contribution is -2.43. The van der Waals surface area contributed by atoms with Crippen molar-refractivity contribution in [2.24, 2.45) is 11.5 Å². The lowest BCUT2D eigenvalue weighted by atomic mass is 10.0. The van der Waals surface area contributed by atoms with Gasteiger partial charge in [-0.2, -0.15) is 11.8 Å². The van der Waals surface area contributed by atoms with Gasteiger partial charge in [-0.25, -0.2) is 0 Å². The number of carbonyl (C=O) groups excluding carboxylic acids is 2. The molecule has 6 N–H and O–H groups in total. The van der Waals surface area contributed by atoms with Gasteiger partial charge in [0.05, 0.1) is 0 Å². The summed E-state index contributed by atoms with van der Waals surface area (Å²) in [5.41, 5.74) is 11.9. The molecule has 1 heterocycles. The van der Waals surface area contributed by atoms with Gasteiger partial charge < -0.3 is 22.1 Å². The molecule has 1 fully saturated rings. The molecule has 6 nitrogen and oxygen atoms in total. The second-order valence-electron chi connectivity index (χ2n) is 4.78. The second-order valence-corrected chi connectivity index (χ2v) is 6.05. The summed E-state index contributed by atoms with van der Waals surface area (Å²) < 4.78 is 0. The molecule has 3 atom stereocenters. The van der Waals surface area contributed by atoms with Crippen LogP contribution in [0.2, 0.25) is 0 Å². The second kappa shape index (κ2) is 9.17. The number of hydrogen-bond acceptors (Lipinski definition) is 5. The van der Waals surface area contributed by atoms with Gasteiger partial charge in [0.1, 0.15) is 0 Å². The van der Waals surface area contributed by atoms with Crippen molar-refractivity contribution >= 4 is 24.1 Å². The summed E-state index contributed by atoms with van der Waals surface area (Å²) in [7, 11) is 0. The van der Waals surface area contributed by atoms with E-state index < -0.39 is 0 Å². The fourth-order valence-electron chi connectivity index (χ4n) is 2.06. The lowest BCUT2D eigenvalue weighted by molar-refractivity contribution is -0.121. The Morgan fingerprint density at radius 2 is 2.11 bits per heavy atom.